The van der Waals surface area contributed by atoms with E-state index in [1.807, 2.05) is 6.07 Å². The molecule has 8 heteroatoms. The Morgan fingerprint density at radius 1 is 1.58 bits per heavy atom. The Bertz CT molecular complexity index is 812. The van der Waals surface area contributed by atoms with Crippen molar-refractivity contribution in [1.29, 1.82) is 5.26 Å². The van der Waals surface area contributed by atoms with Gasteiger partial charge >= 0.3 is 0 Å². The molecule has 0 unspecified atom stereocenters. The number of hydrogen-bond acceptors (Lipinski definition) is 6. The molecule has 0 amide bonds. The first-order chi connectivity index (χ1) is 9.29. The van der Waals surface area contributed by atoms with Crippen LogP contribution < -0.4 is 5.56 Å². The smallest absolute Gasteiger partial charge is 0.290 e. The van der Waals surface area contributed by atoms with E-state index in [4.69, 9.17) is 9.68 Å². The van der Waals surface area contributed by atoms with Crippen LogP contribution in [-0.4, -0.2) is 25.6 Å². The lowest BCUT2D eigenvalue weighted by molar-refractivity contribution is 0.578. The Balaban J connectivity index is 2.18. The molecule has 0 fully saturated rings. The van der Waals surface area contributed by atoms with E-state index < -0.39 is 0 Å². The first-order valence-electron chi connectivity index (χ1n) is 5.31. The minimum atomic E-state index is -0.341. The topological polar surface area (TPSA) is 100.0 Å². The monoisotopic (exact) mass is 273 g/mol. The number of furan rings is 1. The maximum Gasteiger partial charge on any atom is 0.290 e. The summed E-state index contributed by atoms with van der Waals surface area (Å²) in [4.78, 5) is 11.7. The van der Waals surface area contributed by atoms with Crippen molar-refractivity contribution in [3.8, 4) is 17.5 Å². The maximum absolute atomic E-state index is 11.7. The van der Waals surface area contributed by atoms with Crippen molar-refractivity contribution in [3.05, 3.63) is 34.8 Å². The van der Waals surface area contributed by atoms with Crippen LogP contribution >= 0.6 is 11.8 Å². The van der Waals surface area contributed by atoms with Crippen LogP contribution in [0.3, 0.4) is 0 Å². The first-order valence-corrected chi connectivity index (χ1v) is 6.30. The second-order valence-corrected chi connectivity index (χ2v) is 4.53. The fourth-order valence-corrected chi connectivity index (χ4v) is 2.19. The van der Waals surface area contributed by atoms with Gasteiger partial charge in [0.25, 0.3) is 5.56 Å². The van der Waals surface area contributed by atoms with Gasteiger partial charge in [0.1, 0.15) is 11.2 Å². The Morgan fingerprint density at radius 3 is 3.21 bits per heavy atom. The van der Waals surface area contributed by atoms with Gasteiger partial charge in [0.15, 0.2) is 5.76 Å². The number of thioether (sulfide) groups is 1. The molecule has 0 aliphatic carbocycles. The molecule has 0 aliphatic rings. The summed E-state index contributed by atoms with van der Waals surface area (Å²) in [5, 5.41) is 19.6. The molecule has 0 atom stereocenters. The summed E-state index contributed by atoms with van der Waals surface area (Å²) in [5.41, 5.74) is 0.566. The molecular formula is C11H7N5O2S. The van der Waals surface area contributed by atoms with Crippen molar-refractivity contribution in [2.24, 2.45) is 0 Å². The predicted octanol–water partition coefficient (Wildman–Crippen LogP) is 1.29. The van der Waals surface area contributed by atoms with Crippen LogP contribution in [0.15, 0.2) is 38.8 Å². The fraction of sp³-hybridized carbons (Fsp3) is 0.0909. The van der Waals surface area contributed by atoms with Gasteiger partial charge in [-0.15, -0.1) is 5.10 Å². The molecule has 0 aromatic carbocycles. The number of nitrogens with zero attached hydrogens (tertiary/aromatic N) is 4. The molecule has 0 saturated heterocycles. The number of aromatic nitrogens is 4. The molecule has 3 aromatic rings. The third kappa shape index (κ3) is 2.00. The van der Waals surface area contributed by atoms with Gasteiger partial charge in [0.05, 0.1) is 18.1 Å². The van der Waals surface area contributed by atoms with E-state index in [1.54, 1.807) is 18.2 Å². The van der Waals surface area contributed by atoms with Gasteiger partial charge in [0.2, 0.25) is 5.16 Å². The molecule has 3 rings (SSSR count). The molecule has 94 valence electrons. The highest BCUT2D eigenvalue weighted by molar-refractivity contribution is 7.99. The third-order valence-electron chi connectivity index (χ3n) is 2.42. The van der Waals surface area contributed by atoms with Crippen LogP contribution in [0.5, 0.6) is 0 Å². The molecule has 7 nitrogen and oxygen atoms in total. The average Bonchev–Trinajstić information content (AvgIpc) is 3.07. The van der Waals surface area contributed by atoms with Gasteiger partial charge in [-0.05, 0) is 12.1 Å². The van der Waals surface area contributed by atoms with E-state index in [1.165, 1.54) is 22.5 Å². The summed E-state index contributed by atoms with van der Waals surface area (Å²) >= 11 is 1.20. The summed E-state index contributed by atoms with van der Waals surface area (Å²) in [6.45, 7) is 0. The lowest BCUT2D eigenvalue weighted by Gasteiger charge is -1.98. The van der Waals surface area contributed by atoms with E-state index in [-0.39, 0.29) is 11.3 Å². The number of rotatable bonds is 3. The van der Waals surface area contributed by atoms with E-state index in [0.717, 1.165) is 0 Å². The molecule has 0 bridgehead atoms. The molecule has 19 heavy (non-hydrogen) atoms. The Kier molecular flexibility index (Phi) is 2.81. The highest BCUT2D eigenvalue weighted by atomic mass is 32.2. The SMILES string of the molecule is N#CCSc1n[nH]c(=O)c2cc(-c3ccco3)nn12. The van der Waals surface area contributed by atoms with Gasteiger partial charge in [0, 0.05) is 6.07 Å². The normalized spacial score (nSPS) is 10.7. The standard InChI is InChI=1S/C11H7N5O2S/c12-3-5-19-11-14-13-10(17)8-6-7(15-16(8)11)9-2-1-4-18-9/h1-2,4,6H,5H2,(H,13,17). The fourth-order valence-electron chi connectivity index (χ4n) is 1.63. The number of nitrogens with one attached hydrogen (secondary N) is 1. The second-order valence-electron chi connectivity index (χ2n) is 3.59. The van der Waals surface area contributed by atoms with Crippen LogP contribution in [-0.2, 0) is 0 Å². The summed E-state index contributed by atoms with van der Waals surface area (Å²) in [6.07, 6.45) is 1.53. The van der Waals surface area contributed by atoms with Gasteiger partial charge in [-0.2, -0.15) is 10.4 Å². The average molecular weight is 273 g/mol. The second kappa shape index (κ2) is 4.62. The zero-order valence-corrected chi connectivity index (χ0v) is 10.3. The van der Waals surface area contributed by atoms with Gasteiger partial charge < -0.3 is 4.42 Å². The van der Waals surface area contributed by atoms with Gasteiger partial charge in [-0.1, -0.05) is 11.8 Å². The molecule has 0 aliphatic heterocycles. The Labute approximate surface area is 110 Å². The summed E-state index contributed by atoms with van der Waals surface area (Å²) in [7, 11) is 0. The van der Waals surface area contributed by atoms with Crippen molar-refractivity contribution in [1.82, 2.24) is 19.8 Å². The van der Waals surface area contributed by atoms with Crippen LogP contribution in [0.1, 0.15) is 0 Å². The summed E-state index contributed by atoms with van der Waals surface area (Å²) in [6, 6.07) is 7.12. The minimum Gasteiger partial charge on any atom is -0.463 e. The number of nitriles is 1. The van der Waals surface area contributed by atoms with E-state index in [2.05, 4.69) is 15.3 Å². The quantitative estimate of drug-likeness (QED) is 0.722. The highest BCUT2D eigenvalue weighted by Gasteiger charge is 2.13. The summed E-state index contributed by atoms with van der Waals surface area (Å²) < 4.78 is 6.66. The molecule has 3 aromatic heterocycles. The highest BCUT2D eigenvalue weighted by Crippen LogP contribution is 2.21. The molecule has 1 N–H and O–H groups in total. The molecule has 0 saturated carbocycles. The molecular weight excluding hydrogens is 266 g/mol. The van der Waals surface area contributed by atoms with E-state index in [9.17, 15) is 4.79 Å². The van der Waals surface area contributed by atoms with Gasteiger partial charge in [-0.3, -0.25) is 4.79 Å². The predicted molar refractivity (Wildman–Crippen MR) is 67.6 cm³/mol. The van der Waals surface area contributed by atoms with Crippen molar-refractivity contribution in [2.45, 2.75) is 5.16 Å². The largest absolute Gasteiger partial charge is 0.463 e. The lowest BCUT2D eigenvalue weighted by atomic mass is 10.3. The van der Waals surface area contributed by atoms with Crippen molar-refractivity contribution < 1.29 is 4.42 Å². The van der Waals surface area contributed by atoms with Crippen molar-refractivity contribution in [3.63, 3.8) is 0 Å². The van der Waals surface area contributed by atoms with Crippen LogP contribution in [0, 0.1) is 11.3 Å². The van der Waals surface area contributed by atoms with Gasteiger partial charge in [-0.25, -0.2) is 9.61 Å². The lowest BCUT2D eigenvalue weighted by Crippen LogP contribution is -2.13. The van der Waals surface area contributed by atoms with Crippen LogP contribution in [0.2, 0.25) is 0 Å². The zero-order chi connectivity index (χ0) is 13.2. The molecule has 0 radical (unpaired) electrons. The maximum atomic E-state index is 11.7. The Hall–Kier alpha value is -2.53. The first kappa shape index (κ1) is 11.6. The molecule has 3 heterocycles. The van der Waals surface area contributed by atoms with E-state index in [0.29, 0.717) is 22.1 Å². The number of hydrogen-bond donors (Lipinski definition) is 1. The van der Waals surface area contributed by atoms with Crippen LogP contribution in [0.25, 0.3) is 17.0 Å². The number of H-pyrrole nitrogens is 1. The minimum absolute atomic E-state index is 0.226. The molecule has 0 spiro atoms. The third-order valence-corrected chi connectivity index (χ3v) is 3.21. The number of fused-ring (bicyclic) bond motifs is 1. The van der Waals surface area contributed by atoms with E-state index >= 15 is 0 Å². The van der Waals surface area contributed by atoms with Crippen molar-refractivity contribution >= 4 is 17.3 Å². The van der Waals surface area contributed by atoms with Crippen LogP contribution in [0.4, 0.5) is 0 Å². The Morgan fingerprint density at radius 2 is 2.47 bits per heavy atom. The van der Waals surface area contributed by atoms with Crippen molar-refractivity contribution in [2.75, 3.05) is 5.75 Å². The number of aromatic amines is 1. The summed E-state index contributed by atoms with van der Waals surface area (Å²) in [5.74, 6) is 0.795. The zero-order valence-electron chi connectivity index (χ0n) is 9.53.